The van der Waals surface area contributed by atoms with Crippen LogP contribution in [0.4, 0.5) is 52.7 Å². The van der Waals surface area contributed by atoms with Crippen LogP contribution >= 0.6 is 0 Å². The Balaban J connectivity index is 2.44. The van der Waals surface area contributed by atoms with E-state index in [0.29, 0.717) is 29.0 Å². The summed E-state index contributed by atoms with van der Waals surface area (Å²) in [6.07, 6.45) is -21.8. The molecule has 0 spiro atoms. The molecule has 1 unspecified atom stereocenters. The van der Waals surface area contributed by atoms with Gasteiger partial charge in [-0.25, -0.2) is 9.18 Å². The van der Waals surface area contributed by atoms with Crippen LogP contribution in [-0.2, 0) is 4.79 Å². The second kappa shape index (κ2) is 9.13. The van der Waals surface area contributed by atoms with Crippen molar-refractivity contribution in [3.63, 3.8) is 0 Å². The fraction of sp³-hybridized carbons (Fsp3) is 0.316. The molecule has 1 atom stereocenters. The van der Waals surface area contributed by atoms with Gasteiger partial charge in [0.15, 0.2) is 0 Å². The van der Waals surface area contributed by atoms with Gasteiger partial charge in [-0.05, 0) is 35.4 Å². The minimum Gasteiger partial charge on any atom is -0.497 e. The van der Waals surface area contributed by atoms with E-state index in [2.05, 4.69) is 4.74 Å². The summed E-state index contributed by atoms with van der Waals surface area (Å²) >= 11 is 0. The van der Waals surface area contributed by atoms with Gasteiger partial charge in [0.25, 0.3) is 0 Å². The van der Waals surface area contributed by atoms with Gasteiger partial charge in [-0.1, -0.05) is 29.2 Å². The topological polar surface area (TPSA) is 38.8 Å². The average Bonchev–Trinajstić information content (AvgIpc) is 2.70. The van der Waals surface area contributed by atoms with E-state index in [1.807, 2.05) is 0 Å². The van der Waals surface area contributed by atoms with Gasteiger partial charge in [-0.15, -0.1) is 0 Å². The Morgan fingerprint density at radius 3 is 1.34 bits per heavy atom. The van der Waals surface area contributed by atoms with Crippen molar-refractivity contribution in [2.24, 2.45) is 0 Å². The Bertz CT molecular complexity index is 1020. The molecule has 2 aromatic rings. The zero-order chi connectivity index (χ0) is 27.0. The highest BCUT2D eigenvalue weighted by Gasteiger charge is 2.85. The van der Waals surface area contributed by atoms with Crippen LogP contribution in [0.3, 0.4) is 0 Å². The Kier molecular flexibility index (Phi) is 7.32. The molecule has 2 aromatic carbocycles. The average molecular weight is 529 g/mol. The molecule has 0 aromatic heterocycles. The molecule has 0 aliphatic heterocycles. The maximum atomic E-state index is 14.5. The molecule has 35 heavy (non-hydrogen) atoms. The number of benzene rings is 2. The molecule has 0 aliphatic carbocycles. The van der Waals surface area contributed by atoms with Crippen molar-refractivity contribution in [3.8, 4) is 22.6 Å². The lowest BCUT2D eigenvalue weighted by Crippen LogP contribution is -2.73. The molecular formula is C19H11F12NO3. The third-order valence-electron chi connectivity index (χ3n) is 4.36. The van der Waals surface area contributed by atoms with Crippen LogP contribution in [0.2, 0.25) is 0 Å². The number of hydrogen-bond acceptors (Lipinski definition) is 4. The molecule has 4 nitrogen and oxygen atoms in total. The second-order valence-electron chi connectivity index (χ2n) is 6.61. The molecule has 0 saturated carbocycles. The number of nitrogens with zero attached hydrogens (tertiary/aromatic N) is 1. The SMILES string of the molecule is COc1ccc(-c2ccc(OC(=O)C(F)(C(F)(F)F)C(F)(F)N(C(F)(F)F)C(F)(F)F)cc2)cc1. The number of rotatable bonds is 6. The van der Waals surface area contributed by atoms with E-state index in [9.17, 15) is 57.5 Å². The summed E-state index contributed by atoms with van der Waals surface area (Å²) in [5.41, 5.74) is -6.34. The van der Waals surface area contributed by atoms with Gasteiger partial charge >= 0.3 is 36.5 Å². The Hall–Kier alpha value is -3.17. The van der Waals surface area contributed by atoms with E-state index in [1.54, 1.807) is 0 Å². The van der Waals surface area contributed by atoms with Crippen molar-refractivity contribution in [1.82, 2.24) is 4.90 Å². The van der Waals surface area contributed by atoms with Crippen LogP contribution in [-0.4, -0.2) is 48.5 Å². The third kappa shape index (κ3) is 5.41. The number of ether oxygens (including phenoxy) is 2. The summed E-state index contributed by atoms with van der Waals surface area (Å²) in [7, 11) is 1.37. The van der Waals surface area contributed by atoms with E-state index in [1.165, 1.54) is 31.4 Å². The van der Waals surface area contributed by atoms with Crippen LogP contribution in [0.15, 0.2) is 48.5 Å². The third-order valence-corrected chi connectivity index (χ3v) is 4.36. The van der Waals surface area contributed by atoms with Gasteiger partial charge in [-0.2, -0.15) is 48.3 Å². The highest BCUT2D eigenvalue weighted by molar-refractivity contribution is 5.84. The summed E-state index contributed by atoms with van der Waals surface area (Å²) in [5, 5.41) is 0. The van der Waals surface area contributed by atoms with Gasteiger partial charge in [0.05, 0.1) is 7.11 Å². The van der Waals surface area contributed by atoms with Gasteiger partial charge in [-0.3, -0.25) is 0 Å². The molecule has 0 bridgehead atoms. The largest absolute Gasteiger partial charge is 0.497 e. The van der Waals surface area contributed by atoms with E-state index >= 15 is 0 Å². The fourth-order valence-corrected chi connectivity index (χ4v) is 2.70. The zero-order valence-corrected chi connectivity index (χ0v) is 16.8. The van der Waals surface area contributed by atoms with Crippen LogP contribution in [0.1, 0.15) is 0 Å². The lowest BCUT2D eigenvalue weighted by molar-refractivity contribution is -0.469. The fourth-order valence-electron chi connectivity index (χ4n) is 2.70. The lowest BCUT2D eigenvalue weighted by atomic mass is 10.0. The van der Waals surface area contributed by atoms with E-state index in [4.69, 9.17) is 4.74 Å². The molecule has 16 heteroatoms. The van der Waals surface area contributed by atoms with Crippen molar-refractivity contribution >= 4 is 5.97 Å². The quantitative estimate of drug-likeness (QED) is 0.186. The molecule has 0 fully saturated rings. The molecule has 0 N–H and O–H groups in total. The summed E-state index contributed by atoms with van der Waals surface area (Å²) in [4.78, 5) is 7.78. The highest BCUT2D eigenvalue weighted by atomic mass is 19.4. The summed E-state index contributed by atoms with van der Waals surface area (Å²) in [6.45, 7) is 0. The number of methoxy groups -OCH3 is 1. The van der Waals surface area contributed by atoms with Crippen LogP contribution in [0, 0.1) is 0 Å². The predicted octanol–water partition coefficient (Wildman–Crippen LogP) is 6.47. The van der Waals surface area contributed by atoms with Crippen LogP contribution < -0.4 is 9.47 Å². The Labute approximate surface area is 187 Å². The predicted molar refractivity (Wildman–Crippen MR) is 92.9 cm³/mol. The number of carbonyl (C=O) groups is 1. The number of hydrogen-bond donors (Lipinski definition) is 0. The van der Waals surface area contributed by atoms with E-state index < -0.39 is 47.1 Å². The van der Waals surface area contributed by atoms with Crippen molar-refractivity contribution in [2.45, 2.75) is 30.5 Å². The minimum absolute atomic E-state index is 0.292. The number of halogens is 12. The molecule has 0 amide bonds. The Morgan fingerprint density at radius 2 is 1.03 bits per heavy atom. The van der Waals surface area contributed by atoms with Gasteiger partial charge in [0, 0.05) is 0 Å². The molecule has 2 rings (SSSR count). The summed E-state index contributed by atoms with van der Waals surface area (Å²) < 4.78 is 166. The maximum Gasteiger partial charge on any atom is 0.472 e. The van der Waals surface area contributed by atoms with Crippen LogP contribution in [0.25, 0.3) is 11.1 Å². The van der Waals surface area contributed by atoms with Crippen molar-refractivity contribution < 1.29 is 67.0 Å². The van der Waals surface area contributed by atoms with Gasteiger partial charge < -0.3 is 9.47 Å². The highest BCUT2D eigenvalue weighted by Crippen LogP contribution is 2.53. The van der Waals surface area contributed by atoms with Crippen molar-refractivity contribution in [3.05, 3.63) is 48.5 Å². The molecule has 0 saturated heterocycles. The van der Waals surface area contributed by atoms with Crippen molar-refractivity contribution in [2.75, 3.05) is 7.11 Å². The molecule has 0 radical (unpaired) electrons. The molecule has 0 aliphatic rings. The normalized spacial score (nSPS) is 15.0. The standard InChI is InChI=1S/C19H11F12NO3/c1-34-12-6-2-10(3-7-12)11-4-8-13(9-5-11)35-14(33)15(20,16(21,22)23)17(24,25)32(18(26,27)28)19(29,30)31/h2-9H,1H3. The second-order valence-corrected chi connectivity index (χ2v) is 6.61. The smallest absolute Gasteiger partial charge is 0.472 e. The Morgan fingerprint density at radius 1 is 0.657 bits per heavy atom. The van der Waals surface area contributed by atoms with Gasteiger partial charge in [0.1, 0.15) is 11.5 Å². The zero-order valence-electron chi connectivity index (χ0n) is 16.8. The van der Waals surface area contributed by atoms with E-state index in [-0.39, 0.29) is 0 Å². The number of alkyl halides is 12. The maximum absolute atomic E-state index is 14.5. The van der Waals surface area contributed by atoms with E-state index in [0.717, 1.165) is 12.1 Å². The van der Waals surface area contributed by atoms with Gasteiger partial charge in [0.2, 0.25) is 0 Å². The van der Waals surface area contributed by atoms with Crippen LogP contribution in [0.5, 0.6) is 11.5 Å². The number of carbonyl (C=O) groups excluding carboxylic acids is 1. The molecule has 194 valence electrons. The molecular weight excluding hydrogens is 518 g/mol. The summed E-state index contributed by atoms with van der Waals surface area (Å²) in [6, 6.07) is 1.82. The van der Waals surface area contributed by atoms with Crippen molar-refractivity contribution in [1.29, 1.82) is 0 Å². The first kappa shape index (κ1) is 28.1. The first-order valence-electron chi connectivity index (χ1n) is 8.81. The minimum atomic E-state index is -7.55. The molecule has 0 heterocycles. The number of esters is 1. The first-order chi connectivity index (χ1) is 15.8. The monoisotopic (exact) mass is 529 g/mol. The first-order valence-corrected chi connectivity index (χ1v) is 8.81. The summed E-state index contributed by atoms with van der Waals surface area (Å²) in [5.74, 6) is -4.40. The lowest BCUT2D eigenvalue weighted by Gasteiger charge is -2.40.